The van der Waals surface area contributed by atoms with Gasteiger partial charge in [-0.1, -0.05) is 11.6 Å². The van der Waals surface area contributed by atoms with Gasteiger partial charge in [0.05, 0.1) is 5.02 Å². The third kappa shape index (κ3) is 3.57. The fourth-order valence-electron chi connectivity index (χ4n) is 1.90. The molecule has 2 rings (SSSR count). The Hall–Kier alpha value is -1.88. The SMILES string of the molecule is Cc1nccn1CCCC(=O)N(C)c1ccc(Cl)cn1. The molecule has 2 heterocycles. The van der Waals surface area contributed by atoms with Gasteiger partial charge in [-0.25, -0.2) is 9.97 Å². The Morgan fingerprint density at radius 2 is 2.20 bits per heavy atom. The molecule has 5 nitrogen and oxygen atoms in total. The molecule has 0 bridgehead atoms. The Morgan fingerprint density at radius 3 is 2.80 bits per heavy atom. The zero-order chi connectivity index (χ0) is 14.5. The third-order valence-electron chi connectivity index (χ3n) is 3.14. The minimum atomic E-state index is 0.0394. The van der Waals surface area contributed by atoms with Crippen molar-refractivity contribution in [2.75, 3.05) is 11.9 Å². The molecular formula is C14H17ClN4O. The van der Waals surface area contributed by atoms with E-state index < -0.39 is 0 Å². The molecule has 106 valence electrons. The van der Waals surface area contributed by atoms with Crippen LogP contribution in [0.2, 0.25) is 5.02 Å². The van der Waals surface area contributed by atoms with E-state index in [2.05, 4.69) is 9.97 Å². The number of hydrogen-bond donors (Lipinski definition) is 0. The zero-order valence-electron chi connectivity index (χ0n) is 11.6. The van der Waals surface area contributed by atoms with E-state index in [0.29, 0.717) is 17.3 Å². The second kappa shape index (κ2) is 6.52. The quantitative estimate of drug-likeness (QED) is 0.851. The van der Waals surface area contributed by atoms with Gasteiger partial charge in [-0.15, -0.1) is 0 Å². The summed E-state index contributed by atoms with van der Waals surface area (Å²) in [5.41, 5.74) is 0. The molecule has 0 saturated carbocycles. The highest BCUT2D eigenvalue weighted by Gasteiger charge is 2.11. The number of hydrogen-bond acceptors (Lipinski definition) is 3. The Balaban J connectivity index is 1.85. The van der Waals surface area contributed by atoms with Crippen molar-refractivity contribution in [2.45, 2.75) is 26.3 Å². The maximum Gasteiger partial charge on any atom is 0.227 e. The van der Waals surface area contributed by atoms with Gasteiger partial charge < -0.3 is 4.57 Å². The molecule has 0 N–H and O–H groups in total. The lowest BCUT2D eigenvalue weighted by Crippen LogP contribution is -2.27. The van der Waals surface area contributed by atoms with Crippen molar-refractivity contribution < 1.29 is 4.79 Å². The van der Waals surface area contributed by atoms with Gasteiger partial charge >= 0.3 is 0 Å². The second-order valence-corrected chi connectivity index (χ2v) is 5.00. The fraction of sp³-hybridized carbons (Fsp3) is 0.357. The summed E-state index contributed by atoms with van der Waals surface area (Å²) in [6.45, 7) is 2.74. The maximum atomic E-state index is 12.1. The number of aryl methyl sites for hydroxylation is 2. The first-order valence-electron chi connectivity index (χ1n) is 6.44. The van der Waals surface area contributed by atoms with Crippen molar-refractivity contribution in [3.05, 3.63) is 41.6 Å². The van der Waals surface area contributed by atoms with E-state index in [1.807, 2.05) is 17.7 Å². The molecule has 0 radical (unpaired) electrons. The second-order valence-electron chi connectivity index (χ2n) is 4.56. The summed E-state index contributed by atoms with van der Waals surface area (Å²) in [5.74, 6) is 1.61. The lowest BCUT2D eigenvalue weighted by atomic mass is 10.2. The lowest BCUT2D eigenvalue weighted by molar-refractivity contribution is -0.118. The molecule has 0 aromatic carbocycles. The first-order chi connectivity index (χ1) is 9.58. The van der Waals surface area contributed by atoms with Crippen LogP contribution in [0.5, 0.6) is 0 Å². The summed E-state index contributed by atoms with van der Waals surface area (Å²) in [6, 6.07) is 3.46. The van der Waals surface area contributed by atoms with Crippen molar-refractivity contribution in [3.8, 4) is 0 Å². The molecule has 2 aromatic rings. The van der Waals surface area contributed by atoms with Gasteiger partial charge in [0.1, 0.15) is 11.6 Å². The molecule has 20 heavy (non-hydrogen) atoms. The number of carbonyl (C=O) groups is 1. The molecule has 0 aliphatic carbocycles. The van der Waals surface area contributed by atoms with Crippen molar-refractivity contribution in [1.29, 1.82) is 0 Å². The van der Waals surface area contributed by atoms with Gasteiger partial charge in [-0.05, 0) is 25.5 Å². The van der Waals surface area contributed by atoms with Crippen molar-refractivity contribution >= 4 is 23.3 Å². The van der Waals surface area contributed by atoms with Crippen LogP contribution in [0.3, 0.4) is 0 Å². The van der Waals surface area contributed by atoms with Crippen molar-refractivity contribution in [2.24, 2.45) is 0 Å². The summed E-state index contributed by atoms with van der Waals surface area (Å²) in [4.78, 5) is 21.9. The molecule has 1 amide bonds. The number of anilines is 1. The molecule has 0 spiro atoms. The molecular weight excluding hydrogens is 276 g/mol. The normalized spacial score (nSPS) is 10.6. The molecule has 0 aliphatic rings. The number of carbonyl (C=O) groups excluding carboxylic acids is 1. The van der Waals surface area contributed by atoms with Gasteiger partial charge in [0.2, 0.25) is 5.91 Å². The lowest BCUT2D eigenvalue weighted by Gasteiger charge is -2.16. The predicted octanol–water partition coefficient (Wildman–Crippen LogP) is 2.68. The van der Waals surface area contributed by atoms with Gasteiger partial charge in [0.25, 0.3) is 0 Å². The van der Waals surface area contributed by atoms with Crippen LogP contribution in [-0.2, 0) is 11.3 Å². The number of amides is 1. The van der Waals surface area contributed by atoms with E-state index in [-0.39, 0.29) is 5.91 Å². The summed E-state index contributed by atoms with van der Waals surface area (Å²) in [7, 11) is 1.72. The number of pyridine rings is 1. The van der Waals surface area contributed by atoms with Crippen LogP contribution in [-0.4, -0.2) is 27.5 Å². The number of halogens is 1. The minimum absolute atomic E-state index is 0.0394. The topological polar surface area (TPSA) is 51.0 Å². The molecule has 0 atom stereocenters. The summed E-state index contributed by atoms with van der Waals surface area (Å²) in [6.07, 6.45) is 6.47. The molecule has 0 fully saturated rings. The molecule has 6 heteroatoms. The van der Waals surface area contributed by atoms with Gasteiger partial charge in [0.15, 0.2) is 0 Å². The maximum absolute atomic E-state index is 12.1. The van der Waals surface area contributed by atoms with E-state index in [0.717, 1.165) is 18.8 Å². The van der Waals surface area contributed by atoms with E-state index in [9.17, 15) is 4.79 Å². The zero-order valence-corrected chi connectivity index (χ0v) is 12.3. The third-order valence-corrected chi connectivity index (χ3v) is 3.37. The first kappa shape index (κ1) is 14.5. The van der Waals surface area contributed by atoms with Crippen LogP contribution >= 0.6 is 11.6 Å². The van der Waals surface area contributed by atoms with Gasteiger partial charge in [-0.2, -0.15) is 0 Å². The number of nitrogens with zero attached hydrogens (tertiary/aromatic N) is 4. The van der Waals surface area contributed by atoms with E-state index in [1.165, 1.54) is 6.20 Å². The highest BCUT2D eigenvalue weighted by molar-refractivity contribution is 6.30. The predicted molar refractivity (Wildman–Crippen MR) is 78.9 cm³/mol. The molecule has 2 aromatic heterocycles. The monoisotopic (exact) mass is 292 g/mol. The number of rotatable bonds is 5. The van der Waals surface area contributed by atoms with Crippen LogP contribution in [0.1, 0.15) is 18.7 Å². The average Bonchev–Trinajstić information content (AvgIpc) is 2.84. The molecule has 0 saturated heterocycles. The first-order valence-corrected chi connectivity index (χ1v) is 6.81. The van der Waals surface area contributed by atoms with Crippen LogP contribution in [0.25, 0.3) is 0 Å². The van der Waals surface area contributed by atoms with Crippen molar-refractivity contribution in [1.82, 2.24) is 14.5 Å². The fourth-order valence-corrected chi connectivity index (χ4v) is 2.01. The number of aromatic nitrogens is 3. The largest absolute Gasteiger partial charge is 0.335 e. The van der Waals surface area contributed by atoms with Crippen molar-refractivity contribution in [3.63, 3.8) is 0 Å². The smallest absolute Gasteiger partial charge is 0.227 e. The van der Waals surface area contributed by atoms with Gasteiger partial charge in [-0.3, -0.25) is 9.69 Å². The summed E-state index contributed by atoms with van der Waals surface area (Å²) < 4.78 is 2.04. The van der Waals surface area contributed by atoms with Crippen LogP contribution < -0.4 is 4.90 Å². The van der Waals surface area contributed by atoms with Gasteiger partial charge in [0, 0.05) is 38.6 Å². The Labute approximate surface area is 123 Å². The average molecular weight is 293 g/mol. The summed E-state index contributed by atoms with van der Waals surface area (Å²) in [5, 5.41) is 0.560. The van der Waals surface area contributed by atoms with Crippen LogP contribution in [0.4, 0.5) is 5.82 Å². The molecule has 0 unspecified atom stereocenters. The Kier molecular flexibility index (Phi) is 4.74. The van der Waals surface area contributed by atoms with E-state index >= 15 is 0 Å². The summed E-state index contributed by atoms with van der Waals surface area (Å²) >= 11 is 5.78. The standard InChI is InChI=1S/C14H17ClN4O/c1-11-16-7-9-19(11)8-3-4-14(20)18(2)13-6-5-12(15)10-17-13/h5-7,9-10H,3-4,8H2,1-2H3. The van der Waals surface area contributed by atoms with E-state index in [4.69, 9.17) is 11.6 Å². The van der Waals surface area contributed by atoms with Crippen LogP contribution in [0.15, 0.2) is 30.7 Å². The highest BCUT2D eigenvalue weighted by atomic mass is 35.5. The highest BCUT2D eigenvalue weighted by Crippen LogP contribution is 2.14. The van der Waals surface area contributed by atoms with E-state index in [1.54, 1.807) is 30.3 Å². The Bertz CT molecular complexity index is 579. The Morgan fingerprint density at radius 1 is 1.40 bits per heavy atom. The molecule has 0 aliphatic heterocycles. The van der Waals surface area contributed by atoms with Crippen LogP contribution in [0, 0.1) is 6.92 Å². The minimum Gasteiger partial charge on any atom is -0.335 e. The number of imidazole rings is 1.